The minimum Gasteiger partial charge on any atom is -0.326 e. The molecule has 1 aliphatic rings. The van der Waals surface area contributed by atoms with Gasteiger partial charge in [-0.3, -0.25) is 4.90 Å². The Labute approximate surface area is 96.0 Å². The minimum atomic E-state index is 0.342. The zero-order valence-corrected chi connectivity index (χ0v) is 9.80. The predicted octanol–water partition coefficient (Wildman–Crippen LogP) is 2.18. The third-order valence-electron chi connectivity index (χ3n) is 2.91. The van der Waals surface area contributed by atoms with Crippen LogP contribution >= 0.6 is 11.6 Å². The Kier molecular flexibility index (Phi) is 3.29. The Morgan fingerprint density at radius 2 is 2.33 bits per heavy atom. The normalized spacial score (nSPS) is 22.2. The molecule has 3 heteroatoms. The fourth-order valence-electron chi connectivity index (χ4n) is 2.03. The molecule has 2 nitrogen and oxygen atoms in total. The smallest absolute Gasteiger partial charge is 0.0453 e. The number of rotatable bonds is 2. The molecule has 0 spiro atoms. The van der Waals surface area contributed by atoms with E-state index < -0.39 is 0 Å². The van der Waals surface area contributed by atoms with E-state index in [1.54, 1.807) is 0 Å². The summed E-state index contributed by atoms with van der Waals surface area (Å²) in [6.07, 6.45) is 1.10. The SMILES string of the molecule is Cc1ccc(CN2CC[C@@H](N)C2)c(Cl)c1. The van der Waals surface area contributed by atoms with Crippen molar-refractivity contribution in [1.82, 2.24) is 4.90 Å². The van der Waals surface area contributed by atoms with Crippen LogP contribution in [-0.4, -0.2) is 24.0 Å². The van der Waals surface area contributed by atoms with E-state index in [4.69, 9.17) is 17.3 Å². The maximum absolute atomic E-state index is 6.19. The summed E-state index contributed by atoms with van der Waals surface area (Å²) in [4.78, 5) is 2.36. The lowest BCUT2D eigenvalue weighted by atomic mass is 10.1. The van der Waals surface area contributed by atoms with Gasteiger partial charge in [-0.05, 0) is 30.5 Å². The third-order valence-corrected chi connectivity index (χ3v) is 3.26. The molecule has 1 saturated heterocycles. The van der Waals surface area contributed by atoms with E-state index >= 15 is 0 Å². The van der Waals surface area contributed by atoms with Crippen LogP contribution in [0, 0.1) is 6.92 Å². The molecule has 15 heavy (non-hydrogen) atoms. The van der Waals surface area contributed by atoms with Crippen LogP contribution in [0.3, 0.4) is 0 Å². The van der Waals surface area contributed by atoms with Gasteiger partial charge in [0.15, 0.2) is 0 Å². The van der Waals surface area contributed by atoms with E-state index in [9.17, 15) is 0 Å². The summed E-state index contributed by atoms with van der Waals surface area (Å²) in [5.41, 5.74) is 8.28. The number of halogens is 1. The largest absolute Gasteiger partial charge is 0.326 e. The molecule has 0 saturated carbocycles. The van der Waals surface area contributed by atoms with Crippen molar-refractivity contribution in [3.8, 4) is 0 Å². The molecule has 2 rings (SSSR count). The molecular weight excluding hydrogens is 208 g/mol. The van der Waals surface area contributed by atoms with Gasteiger partial charge >= 0.3 is 0 Å². The lowest BCUT2D eigenvalue weighted by Crippen LogP contribution is -2.26. The molecule has 1 atom stereocenters. The number of nitrogens with zero attached hydrogens (tertiary/aromatic N) is 1. The lowest BCUT2D eigenvalue weighted by Gasteiger charge is -2.16. The summed E-state index contributed by atoms with van der Waals surface area (Å²) >= 11 is 6.19. The van der Waals surface area contributed by atoms with Gasteiger partial charge in [-0.15, -0.1) is 0 Å². The van der Waals surface area contributed by atoms with E-state index in [1.807, 2.05) is 6.07 Å². The van der Waals surface area contributed by atoms with Crippen LogP contribution in [0.1, 0.15) is 17.5 Å². The van der Waals surface area contributed by atoms with Crippen molar-refractivity contribution in [1.29, 1.82) is 0 Å². The van der Waals surface area contributed by atoms with Crippen molar-refractivity contribution in [2.45, 2.75) is 25.9 Å². The van der Waals surface area contributed by atoms with E-state index in [2.05, 4.69) is 24.0 Å². The van der Waals surface area contributed by atoms with Gasteiger partial charge in [0.2, 0.25) is 0 Å². The highest BCUT2D eigenvalue weighted by atomic mass is 35.5. The van der Waals surface area contributed by atoms with Crippen molar-refractivity contribution in [3.05, 3.63) is 34.3 Å². The number of hydrogen-bond acceptors (Lipinski definition) is 2. The Morgan fingerprint density at radius 1 is 1.53 bits per heavy atom. The molecule has 2 N–H and O–H groups in total. The lowest BCUT2D eigenvalue weighted by molar-refractivity contribution is 0.327. The van der Waals surface area contributed by atoms with E-state index in [1.165, 1.54) is 11.1 Å². The second-order valence-electron chi connectivity index (χ2n) is 4.38. The van der Waals surface area contributed by atoms with Crippen molar-refractivity contribution in [2.75, 3.05) is 13.1 Å². The van der Waals surface area contributed by atoms with Gasteiger partial charge in [-0.1, -0.05) is 23.7 Å². The Bertz CT molecular complexity index is 351. The van der Waals surface area contributed by atoms with E-state index in [0.29, 0.717) is 6.04 Å². The Hall–Kier alpha value is -0.570. The molecule has 1 fully saturated rings. The first-order valence-corrected chi connectivity index (χ1v) is 5.76. The van der Waals surface area contributed by atoms with Gasteiger partial charge in [-0.25, -0.2) is 0 Å². The topological polar surface area (TPSA) is 29.3 Å². The molecule has 0 aromatic heterocycles. The Balaban J connectivity index is 2.04. The summed E-state index contributed by atoms with van der Waals surface area (Å²) in [7, 11) is 0. The zero-order chi connectivity index (χ0) is 10.8. The quantitative estimate of drug-likeness (QED) is 0.835. The van der Waals surface area contributed by atoms with Gasteiger partial charge in [0, 0.05) is 30.7 Å². The highest BCUT2D eigenvalue weighted by Gasteiger charge is 2.19. The van der Waals surface area contributed by atoms with Gasteiger partial charge in [-0.2, -0.15) is 0 Å². The van der Waals surface area contributed by atoms with Crippen molar-refractivity contribution in [2.24, 2.45) is 5.73 Å². The van der Waals surface area contributed by atoms with Crippen LogP contribution in [0.4, 0.5) is 0 Å². The summed E-state index contributed by atoms with van der Waals surface area (Å²) in [6, 6.07) is 6.58. The average Bonchev–Trinajstić information content (AvgIpc) is 2.56. The number of likely N-dealkylation sites (tertiary alicyclic amines) is 1. The van der Waals surface area contributed by atoms with Crippen molar-refractivity contribution >= 4 is 11.6 Å². The third kappa shape index (κ3) is 2.71. The molecule has 0 radical (unpaired) electrons. The molecule has 1 aromatic carbocycles. The number of benzene rings is 1. The van der Waals surface area contributed by atoms with Crippen LogP contribution in [0.2, 0.25) is 5.02 Å². The summed E-state index contributed by atoms with van der Waals surface area (Å²) in [5, 5.41) is 0.871. The molecule has 1 aromatic rings. The maximum Gasteiger partial charge on any atom is 0.0453 e. The minimum absolute atomic E-state index is 0.342. The molecule has 1 heterocycles. The van der Waals surface area contributed by atoms with Crippen LogP contribution in [0.5, 0.6) is 0 Å². The summed E-state index contributed by atoms with van der Waals surface area (Å²) < 4.78 is 0. The van der Waals surface area contributed by atoms with Crippen LogP contribution in [-0.2, 0) is 6.54 Å². The number of hydrogen-bond donors (Lipinski definition) is 1. The van der Waals surface area contributed by atoms with E-state index in [0.717, 1.165) is 31.1 Å². The summed E-state index contributed by atoms with van der Waals surface area (Å²) in [6.45, 7) is 5.06. The number of aryl methyl sites for hydroxylation is 1. The van der Waals surface area contributed by atoms with Crippen LogP contribution in [0.25, 0.3) is 0 Å². The summed E-state index contributed by atoms with van der Waals surface area (Å²) in [5.74, 6) is 0. The molecule has 0 aliphatic carbocycles. The van der Waals surface area contributed by atoms with Crippen molar-refractivity contribution < 1.29 is 0 Å². The van der Waals surface area contributed by atoms with Crippen LogP contribution in [0.15, 0.2) is 18.2 Å². The fourth-order valence-corrected chi connectivity index (χ4v) is 2.32. The van der Waals surface area contributed by atoms with Crippen LogP contribution < -0.4 is 5.73 Å². The maximum atomic E-state index is 6.19. The van der Waals surface area contributed by atoms with Crippen molar-refractivity contribution in [3.63, 3.8) is 0 Å². The second kappa shape index (κ2) is 4.52. The molecule has 0 unspecified atom stereocenters. The highest BCUT2D eigenvalue weighted by Crippen LogP contribution is 2.21. The zero-order valence-electron chi connectivity index (χ0n) is 9.04. The first-order chi connectivity index (χ1) is 7.15. The second-order valence-corrected chi connectivity index (χ2v) is 4.79. The fraction of sp³-hybridized carbons (Fsp3) is 0.500. The molecule has 1 aliphatic heterocycles. The molecule has 0 amide bonds. The standard InChI is InChI=1S/C12H17ClN2/c1-9-2-3-10(12(13)6-9)7-15-5-4-11(14)8-15/h2-3,6,11H,4-5,7-8,14H2,1H3/t11-/m1/s1. The van der Waals surface area contributed by atoms with Gasteiger partial charge in [0.25, 0.3) is 0 Å². The van der Waals surface area contributed by atoms with Gasteiger partial charge < -0.3 is 5.73 Å². The first kappa shape index (κ1) is 10.9. The number of nitrogens with two attached hydrogens (primary N) is 1. The first-order valence-electron chi connectivity index (χ1n) is 5.38. The monoisotopic (exact) mass is 224 g/mol. The average molecular weight is 225 g/mol. The predicted molar refractivity (Wildman–Crippen MR) is 64.1 cm³/mol. The van der Waals surface area contributed by atoms with Gasteiger partial charge in [0.1, 0.15) is 0 Å². The molecule has 82 valence electrons. The highest BCUT2D eigenvalue weighted by molar-refractivity contribution is 6.31. The molecule has 0 bridgehead atoms. The Morgan fingerprint density at radius 3 is 2.93 bits per heavy atom. The van der Waals surface area contributed by atoms with Gasteiger partial charge in [0.05, 0.1) is 0 Å². The van der Waals surface area contributed by atoms with E-state index in [-0.39, 0.29) is 0 Å². The molecular formula is C12H17ClN2.